The van der Waals surface area contributed by atoms with Crippen LogP contribution in [-0.2, 0) is 14.3 Å². The van der Waals surface area contributed by atoms with Crippen LogP contribution in [0.1, 0.15) is 41.0 Å². The lowest BCUT2D eigenvalue weighted by molar-refractivity contribution is -0.173. The van der Waals surface area contributed by atoms with E-state index in [2.05, 4.69) is 5.32 Å². The third-order valence-corrected chi connectivity index (χ3v) is 4.20. The Bertz CT molecular complexity index is 392. The fraction of sp³-hybridized carbons (Fsp3) is 0.846. The molecule has 4 N–H and O–H groups in total. The summed E-state index contributed by atoms with van der Waals surface area (Å²) in [6.45, 7) is 9.05. The molecule has 0 spiro atoms. The lowest BCUT2D eigenvalue weighted by Gasteiger charge is -2.58. The molecule has 0 aliphatic heterocycles. The van der Waals surface area contributed by atoms with Crippen molar-refractivity contribution in [3.8, 4) is 0 Å². The van der Waals surface area contributed by atoms with Crippen molar-refractivity contribution in [2.24, 2.45) is 11.1 Å². The first-order valence-corrected chi connectivity index (χ1v) is 6.45. The smallest absolute Gasteiger partial charge is 0.328 e. The Morgan fingerprint density at radius 3 is 2.37 bits per heavy atom. The minimum absolute atomic E-state index is 0.0822. The fourth-order valence-corrected chi connectivity index (χ4v) is 2.27. The summed E-state index contributed by atoms with van der Waals surface area (Å²) in [6, 6.07) is 0. The molecule has 1 fully saturated rings. The third-order valence-electron chi connectivity index (χ3n) is 4.20. The maximum absolute atomic E-state index is 12.3. The monoisotopic (exact) mass is 272 g/mol. The quantitative estimate of drug-likeness (QED) is 0.676. The molecule has 0 aromatic rings. The van der Waals surface area contributed by atoms with Crippen LogP contribution in [0.25, 0.3) is 0 Å². The first kappa shape index (κ1) is 15.9. The number of aliphatic carboxylic acids is 1. The van der Waals surface area contributed by atoms with Crippen molar-refractivity contribution in [2.75, 3.05) is 6.61 Å². The molecule has 1 aliphatic carbocycles. The highest BCUT2D eigenvalue weighted by Crippen LogP contribution is 2.49. The predicted molar refractivity (Wildman–Crippen MR) is 70.6 cm³/mol. The Morgan fingerprint density at radius 1 is 1.47 bits per heavy atom. The fourth-order valence-electron chi connectivity index (χ4n) is 2.27. The summed E-state index contributed by atoms with van der Waals surface area (Å²) in [5.41, 5.74) is 3.21. The minimum Gasteiger partial charge on any atom is -0.480 e. The van der Waals surface area contributed by atoms with Gasteiger partial charge in [0.15, 0.2) is 0 Å². The van der Waals surface area contributed by atoms with Crippen molar-refractivity contribution < 1.29 is 19.4 Å². The van der Waals surface area contributed by atoms with E-state index in [1.165, 1.54) is 13.8 Å². The maximum atomic E-state index is 12.3. The number of carboxylic acid groups (broad SMARTS) is 1. The second kappa shape index (κ2) is 4.76. The van der Waals surface area contributed by atoms with Crippen LogP contribution in [0.2, 0.25) is 0 Å². The van der Waals surface area contributed by atoms with Gasteiger partial charge in [-0.3, -0.25) is 4.79 Å². The largest absolute Gasteiger partial charge is 0.480 e. The zero-order chi connectivity index (χ0) is 15.1. The van der Waals surface area contributed by atoms with Gasteiger partial charge >= 0.3 is 5.97 Å². The molecular weight excluding hydrogens is 248 g/mol. The van der Waals surface area contributed by atoms with Gasteiger partial charge in [0.1, 0.15) is 11.1 Å². The van der Waals surface area contributed by atoms with Crippen LogP contribution in [0.4, 0.5) is 0 Å². The van der Waals surface area contributed by atoms with E-state index in [4.69, 9.17) is 15.6 Å². The van der Waals surface area contributed by atoms with Gasteiger partial charge in [0.2, 0.25) is 5.91 Å². The Balaban J connectivity index is 2.81. The van der Waals surface area contributed by atoms with Gasteiger partial charge < -0.3 is 20.9 Å². The van der Waals surface area contributed by atoms with Crippen LogP contribution < -0.4 is 11.1 Å². The Morgan fingerprint density at radius 2 is 2.00 bits per heavy atom. The molecule has 0 aromatic carbocycles. The average molecular weight is 272 g/mol. The molecule has 6 nitrogen and oxygen atoms in total. The molecule has 1 aliphatic rings. The van der Waals surface area contributed by atoms with Gasteiger partial charge in [-0.1, -0.05) is 13.8 Å². The van der Waals surface area contributed by atoms with E-state index < -0.39 is 28.4 Å². The highest BCUT2D eigenvalue weighted by Gasteiger charge is 2.63. The number of hydrogen-bond donors (Lipinski definition) is 3. The number of ether oxygens (including phenoxy) is 1. The van der Waals surface area contributed by atoms with Crippen LogP contribution in [0.3, 0.4) is 0 Å². The molecule has 1 saturated carbocycles. The lowest BCUT2D eigenvalue weighted by atomic mass is 9.54. The van der Waals surface area contributed by atoms with E-state index in [1.54, 1.807) is 0 Å². The first-order valence-electron chi connectivity index (χ1n) is 6.45. The SMILES string of the molecule is CCOC1CC(N)(C(=O)NC(C)(C)C(=O)O)C1(C)C. The highest BCUT2D eigenvalue weighted by molar-refractivity contribution is 5.93. The number of carbonyl (C=O) groups is 2. The molecule has 19 heavy (non-hydrogen) atoms. The first-order chi connectivity index (χ1) is 8.49. The summed E-state index contributed by atoms with van der Waals surface area (Å²) < 4.78 is 5.54. The van der Waals surface area contributed by atoms with Crippen molar-refractivity contribution in [1.82, 2.24) is 5.32 Å². The van der Waals surface area contributed by atoms with Gasteiger partial charge in [-0.25, -0.2) is 4.79 Å². The average Bonchev–Trinajstić information content (AvgIpc) is 2.27. The molecule has 6 heteroatoms. The summed E-state index contributed by atoms with van der Waals surface area (Å²) in [5, 5.41) is 11.5. The predicted octanol–water partition coefficient (Wildman–Crippen LogP) is 0.498. The number of nitrogens with two attached hydrogens (primary N) is 1. The third kappa shape index (κ3) is 2.47. The molecule has 110 valence electrons. The highest BCUT2D eigenvalue weighted by atomic mass is 16.5. The van der Waals surface area contributed by atoms with Crippen LogP contribution in [0.5, 0.6) is 0 Å². The minimum atomic E-state index is -1.34. The van der Waals surface area contributed by atoms with Crippen LogP contribution in [0, 0.1) is 5.41 Å². The van der Waals surface area contributed by atoms with E-state index in [9.17, 15) is 9.59 Å². The number of carboxylic acids is 1. The zero-order valence-electron chi connectivity index (χ0n) is 12.2. The van der Waals surface area contributed by atoms with Gasteiger partial charge in [-0.15, -0.1) is 0 Å². The van der Waals surface area contributed by atoms with Gasteiger partial charge in [0, 0.05) is 18.4 Å². The normalized spacial score (nSPS) is 29.5. The summed E-state index contributed by atoms with van der Waals surface area (Å²) in [6.07, 6.45) is 0.316. The number of amides is 1. The van der Waals surface area contributed by atoms with Crippen molar-refractivity contribution in [2.45, 2.75) is 58.2 Å². The molecule has 0 bridgehead atoms. The van der Waals surface area contributed by atoms with Crippen molar-refractivity contribution in [3.05, 3.63) is 0 Å². The van der Waals surface area contributed by atoms with Crippen molar-refractivity contribution >= 4 is 11.9 Å². The molecule has 1 amide bonds. The number of rotatable bonds is 5. The van der Waals surface area contributed by atoms with Gasteiger partial charge in [-0.2, -0.15) is 0 Å². The lowest BCUT2D eigenvalue weighted by Crippen LogP contribution is -2.77. The van der Waals surface area contributed by atoms with Gasteiger partial charge in [0.25, 0.3) is 0 Å². The van der Waals surface area contributed by atoms with Crippen LogP contribution in [0.15, 0.2) is 0 Å². The maximum Gasteiger partial charge on any atom is 0.328 e. The molecule has 2 atom stereocenters. The number of nitrogens with one attached hydrogen (secondary N) is 1. The summed E-state index contributed by atoms with van der Waals surface area (Å²) in [4.78, 5) is 23.3. The number of hydrogen-bond acceptors (Lipinski definition) is 4. The zero-order valence-corrected chi connectivity index (χ0v) is 12.2. The molecule has 0 saturated heterocycles. The molecule has 0 heterocycles. The second-order valence-electron chi connectivity index (χ2n) is 6.23. The molecule has 1 rings (SSSR count). The van der Waals surface area contributed by atoms with E-state index in [1.807, 2.05) is 20.8 Å². The summed E-state index contributed by atoms with van der Waals surface area (Å²) in [7, 11) is 0. The molecular formula is C13H24N2O4. The van der Waals surface area contributed by atoms with E-state index in [0.717, 1.165) is 0 Å². The Kier molecular flexibility index (Phi) is 3.98. The van der Waals surface area contributed by atoms with Gasteiger partial charge in [-0.05, 0) is 20.8 Å². The Labute approximate surface area is 113 Å². The molecule has 0 radical (unpaired) electrons. The van der Waals surface area contributed by atoms with Crippen LogP contribution >= 0.6 is 0 Å². The topological polar surface area (TPSA) is 102 Å². The standard InChI is InChI=1S/C13H24N2O4/c1-6-19-8-7-13(14,11(8,2)3)9(16)15-12(4,5)10(17)18/h8H,6-7,14H2,1-5H3,(H,15,16)(H,17,18). The summed E-state index contributed by atoms with van der Waals surface area (Å²) in [5.74, 6) is -1.54. The Hall–Kier alpha value is -1.14. The number of carbonyl (C=O) groups excluding carboxylic acids is 1. The van der Waals surface area contributed by atoms with E-state index >= 15 is 0 Å². The van der Waals surface area contributed by atoms with E-state index in [-0.39, 0.29) is 6.10 Å². The van der Waals surface area contributed by atoms with Gasteiger partial charge in [0.05, 0.1) is 6.10 Å². The van der Waals surface area contributed by atoms with Crippen LogP contribution in [-0.4, -0.2) is 40.8 Å². The van der Waals surface area contributed by atoms with Crippen molar-refractivity contribution in [1.29, 1.82) is 0 Å². The second-order valence-corrected chi connectivity index (χ2v) is 6.23. The van der Waals surface area contributed by atoms with E-state index in [0.29, 0.717) is 13.0 Å². The van der Waals surface area contributed by atoms with Crippen molar-refractivity contribution in [3.63, 3.8) is 0 Å². The molecule has 2 unspecified atom stereocenters. The summed E-state index contributed by atoms with van der Waals surface area (Å²) >= 11 is 0. The molecule has 0 aromatic heterocycles.